The quantitative estimate of drug-likeness (QED) is 0.685. The molecule has 0 aromatic heterocycles. The molecule has 1 aromatic carbocycles. The van der Waals surface area contributed by atoms with Gasteiger partial charge in [0, 0.05) is 30.7 Å². The number of carbonyl (C=O) groups excluding carboxylic acids is 1. The molecule has 1 saturated heterocycles. The van der Waals surface area contributed by atoms with Crippen molar-refractivity contribution in [3.05, 3.63) is 23.8 Å². The average molecular weight is 437 g/mol. The molecule has 0 unspecified atom stereocenters. The van der Waals surface area contributed by atoms with E-state index in [1.54, 1.807) is 12.1 Å². The molecule has 7 nitrogen and oxygen atoms in total. The van der Waals surface area contributed by atoms with Crippen molar-refractivity contribution in [2.45, 2.75) is 62.4 Å². The van der Waals surface area contributed by atoms with Crippen LogP contribution in [0.4, 0.5) is 0 Å². The Morgan fingerprint density at radius 1 is 1.07 bits per heavy atom. The van der Waals surface area contributed by atoms with E-state index in [1.807, 2.05) is 4.90 Å². The van der Waals surface area contributed by atoms with Crippen molar-refractivity contribution in [3.63, 3.8) is 0 Å². The number of methoxy groups -OCH3 is 1. The minimum Gasteiger partial charge on any atom is -0.495 e. The molecule has 2 saturated carbocycles. The van der Waals surface area contributed by atoms with E-state index in [9.17, 15) is 13.2 Å². The number of morpholine rings is 1. The first-order chi connectivity index (χ1) is 14.4. The molecule has 1 aliphatic heterocycles. The van der Waals surface area contributed by atoms with Crippen LogP contribution in [0.15, 0.2) is 23.1 Å². The second-order valence-electron chi connectivity index (χ2n) is 8.74. The Balaban J connectivity index is 1.63. The Morgan fingerprint density at radius 3 is 2.23 bits per heavy atom. The first kappa shape index (κ1) is 21.6. The fourth-order valence-electron chi connectivity index (χ4n) is 4.59. The lowest BCUT2D eigenvalue weighted by Crippen LogP contribution is -2.44. The summed E-state index contributed by atoms with van der Waals surface area (Å²) in [5.41, 5.74) is 0.424. The standard InChI is InChI=1S/C22H32N2O5S/c1-16-3-6-18(7-4-16)24(19-8-9-19)22(25)17-5-10-20(28-2)21(15-17)30(26,27)23-11-13-29-14-12-23/h5,10,15-16,18-19H,3-4,6-9,11-14H2,1-2H3. The maximum atomic E-state index is 13.5. The van der Waals surface area contributed by atoms with Crippen LogP contribution in [0.25, 0.3) is 0 Å². The van der Waals surface area contributed by atoms with Crippen LogP contribution >= 0.6 is 0 Å². The molecule has 0 N–H and O–H groups in total. The summed E-state index contributed by atoms with van der Waals surface area (Å²) in [6, 6.07) is 5.35. The molecule has 3 fully saturated rings. The van der Waals surface area contributed by atoms with Gasteiger partial charge < -0.3 is 14.4 Å². The molecule has 0 atom stereocenters. The second kappa shape index (κ2) is 8.85. The molecule has 0 spiro atoms. The van der Waals surface area contributed by atoms with Crippen LogP contribution in [0, 0.1) is 5.92 Å². The van der Waals surface area contributed by atoms with Crippen molar-refractivity contribution in [1.82, 2.24) is 9.21 Å². The number of nitrogens with zero attached hydrogens (tertiary/aromatic N) is 2. The van der Waals surface area contributed by atoms with Crippen LogP contribution < -0.4 is 4.74 Å². The van der Waals surface area contributed by atoms with Crippen molar-refractivity contribution in [1.29, 1.82) is 0 Å². The summed E-state index contributed by atoms with van der Waals surface area (Å²) >= 11 is 0. The molecular weight excluding hydrogens is 404 g/mol. The van der Waals surface area contributed by atoms with E-state index in [1.165, 1.54) is 17.5 Å². The minimum atomic E-state index is -3.77. The monoisotopic (exact) mass is 436 g/mol. The Kier molecular flexibility index (Phi) is 6.36. The average Bonchev–Trinajstić information content (AvgIpc) is 3.60. The van der Waals surface area contributed by atoms with Gasteiger partial charge in [-0.1, -0.05) is 6.92 Å². The van der Waals surface area contributed by atoms with Gasteiger partial charge in [0.15, 0.2) is 0 Å². The molecular formula is C22H32N2O5S. The highest BCUT2D eigenvalue weighted by molar-refractivity contribution is 7.89. The van der Waals surface area contributed by atoms with Gasteiger partial charge in [0.2, 0.25) is 10.0 Å². The third kappa shape index (κ3) is 4.36. The number of carbonyl (C=O) groups is 1. The van der Waals surface area contributed by atoms with Crippen LogP contribution in [0.1, 0.15) is 55.8 Å². The molecule has 0 radical (unpaired) electrons. The van der Waals surface area contributed by atoms with Gasteiger partial charge in [-0.05, 0) is 62.6 Å². The summed E-state index contributed by atoms with van der Waals surface area (Å²) in [5.74, 6) is 0.921. The lowest BCUT2D eigenvalue weighted by molar-refractivity contribution is 0.0592. The van der Waals surface area contributed by atoms with E-state index < -0.39 is 10.0 Å². The summed E-state index contributed by atoms with van der Waals surface area (Å²) in [4.78, 5) is 15.6. The van der Waals surface area contributed by atoms with Gasteiger partial charge in [-0.3, -0.25) is 4.79 Å². The topological polar surface area (TPSA) is 76.2 Å². The number of amides is 1. The third-order valence-electron chi connectivity index (χ3n) is 6.55. The van der Waals surface area contributed by atoms with Gasteiger partial charge in [-0.25, -0.2) is 8.42 Å². The SMILES string of the molecule is COc1ccc(C(=O)N(C2CCC(C)CC2)C2CC2)cc1S(=O)(=O)N1CCOCC1. The predicted molar refractivity (Wildman–Crippen MR) is 113 cm³/mol. The summed E-state index contributed by atoms with van der Waals surface area (Å²) in [6.07, 6.45) is 6.40. The van der Waals surface area contributed by atoms with E-state index >= 15 is 0 Å². The number of benzene rings is 1. The zero-order chi connectivity index (χ0) is 21.3. The highest BCUT2D eigenvalue weighted by atomic mass is 32.2. The number of hydrogen-bond acceptors (Lipinski definition) is 5. The molecule has 166 valence electrons. The molecule has 1 aromatic rings. The number of ether oxygens (including phenoxy) is 2. The van der Waals surface area contributed by atoms with Crippen molar-refractivity contribution >= 4 is 15.9 Å². The van der Waals surface area contributed by atoms with Gasteiger partial charge in [-0.15, -0.1) is 0 Å². The van der Waals surface area contributed by atoms with Crippen molar-refractivity contribution in [3.8, 4) is 5.75 Å². The first-order valence-corrected chi connectivity index (χ1v) is 12.4. The third-order valence-corrected chi connectivity index (χ3v) is 8.47. The molecule has 0 bridgehead atoms. The maximum absolute atomic E-state index is 13.5. The first-order valence-electron chi connectivity index (χ1n) is 11.0. The Labute approximate surface area is 179 Å². The van der Waals surface area contributed by atoms with E-state index in [0.717, 1.165) is 38.5 Å². The van der Waals surface area contributed by atoms with Crippen LogP contribution in [0.3, 0.4) is 0 Å². The molecule has 2 aliphatic carbocycles. The normalized spacial score (nSPS) is 25.7. The summed E-state index contributed by atoms with van der Waals surface area (Å²) in [5, 5.41) is 0. The van der Waals surface area contributed by atoms with E-state index in [-0.39, 0.29) is 28.6 Å². The molecule has 4 rings (SSSR count). The van der Waals surface area contributed by atoms with Crippen molar-refractivity contribution in [2.75, 3.05) is 33.4 Å². The van der Waals surface area contributed by atoms with Gasteiger partial charge in [-0.2, -0.15) is 4.31 Å². The van der Waals surface area contributed by atoms with Crippen LogP contribution in [-0.4, -0.2) is 69.0 Å². The summed E-state index contributed by atoms with van der Waals surface area (Å²) in [7, 11) is -2.31. The zero-order valence-corrected chi connectivity index (χ0v) is 18.7. The molecule has 1 heterocycles. The Bertz CT molecular complexity index is 870. The highest BCUT2D eigenvalue weighted by Crippen LogP contribution is 2.37. The fraction of sp³-hybridized carbons (Fsp3) is 0.682. The lowest BCUT2D eigenvalue weighted by atomic mass is 9.86. The molecule has 8 heteroatoms. The van der Waals surface area contributed by atoms with Gasteiger partial charge in [0.1, 0.15) is 10.6 Å². The summed E-state index contributed by atoms with van der Waals surface area (Å²) in [6.45, 7) is 3.62. The molecule has 3 aliphatic rings. The largest absolute Gasteiger partial charge is 0.495 e. The maximum Gasteiger partial charge on any atom is 0.254 e. The number of rotatable bonds is 6. The van der Waals surface area contributed by atoms with E-state index in [0.29, 0.717) is 37.8 Å². The van der Waals surface area contributed by atoms with Crippen LogP contribution in [0.2, 0.25) is 0 Å². The molecule has 30 heavy (non-hydrogen) atoms. The van der Waals surface area contributed by atoms with Gasteiger partial charge in [0.25, 0.3) is 5.91 Å². The van der Waals surface area contributed by atoms with E-state index in [4.69, 9.17) is 9.47 Å². The predicted octanol–water partition coefficient (Wildman–Crippen LogP) is 2.90. The lowest BCUT2D eigenvalue weighted by Gasteiger charge is -2.36. The van der Waals surface area contributed by atoms with Crippen LogP contribution in [-0.2, 0) is 14.8 Å². The van der Waals surface area contributed by atoms with E-state index in [2.05, 4.69) is 6.92 Å². The van der Waals surface area contributed by atoms with Gasteiger partial charge in [0.05, 0.1) is 20.3 Å². The molecule has 1 amide bonds. The second-order valence-corrected chi connectivity index (χ2v) is 10.6. The van der Waals surface area contributed by atoms with Crippen LogP contribution in [0.5, 0.6) is 5.75 Å². The fourth-order valence-corrected chi connectivity index (χ4v) is 6.18. The van der Waals surface area contributed by atoms with Crippen molar-refractivity contribution in [2.24, 2.45) is 5.92 Å². The number of sulfonamides is 1. The minimum absolute atomic E-state index is 0.0573. The van der Waals surface area contributed by atoms with Gasteiger partial charge >= 0.3 is 0 Å². The highest BCUT2D eigenvalue weighted by Gasteiger charge is 2.39. The zero-order valence-electron chi connectivity index (χ0n) is 17.9. The smallest absolute Gasteiger partial charge is 0.254 e. The summed E-state index contributed by atoms with van der Waals surface area (Å²) < 4.78 is 38.6. The number of hydrogen-bond donors (Lipinski definition) is 0. The Hall–Kier alpha value is -1.64. The van der Waals surface area contributed by atoms with Crippen molar-refractivity contribution < 1.29 is 22.7 Å². The Morgan fingerprint density at radius 2 is 1.67 bits per heavy atom.